The molecule has 7 unspecified atom stereocenters. The Bertz CT molecular complexity index is 1040. The van der Waals surface area contributed by atoms with Crippen LogP contribution in [0.2, 0.25) is 0 Å². The minimum absolute atomic E-state index is 0.224. The zero-order valence-corrected chi connectivity index (χ0v) is 20.7. The summed E-state index contributed by atoms with van der Waals surface area (Å²) in [6.45, 7) is 4.62. The van der Waals surface area contributed by atoms with E-state index in [1.54, 1.807) is 0 Å². The second-order valence-corrected chi connectivity index (χ2v) is 8.49. The van der Waals surface area contributed by atoms with E-state index >= 15 is 0 Å². The van der Waals surface area contributed by atoms with Crippen LogP contribution in [0.4, 0.5) is 0 Å². The third-order valence-electron chi connectivity index (χ3n) is 5.79. The van der Waals surface area contributed by atoms with E-state index in [-0.39, 0.29) is 6.42 Å². The maximum atomic E-state index is 11.7. The van der Waals surface area contributed by atoms with Gasteiger partial charge in [0.25, 0.3) is 0 Å². The van der Waals surface area contributed by atoms with Crippen molar-refractivity contribution in [1.82, 2.24) is 0 Å². The van der Waals surface area contributed by atoms with Gasteiger partial charge < -0.3 is 33.9 Å². The van der Waals surface area contributed by atoms with Crippen molar-refractivity contribution in [2.24, 2.45) is 15.3 Å². The van der Waals surface area contributed by atoms with E-state index in [9.17, 15) is 24.6 Å². The number of hydrogen-bond acceptors (Lipinski definition) is 13. The summed E-state index contributed by atoms with van der Waals surface area (Å²) in [5.74, 6) is -2.36. The Morgan fingerprint density at radius 1 is 0.842 bits per heavy atom. The minimum Gasteiger partial charge on any atom is -0.460 e. The van der Waals surface area contributed by atoms with Gasteiger partial charge in [-0.15, -0.1) is 0 Å². The van der Waals surface area contributed by atoms with Crippen LogP contribution in [0.5, 0.6) is 0 Å². The van der Waals surface area contributed by atoms with Crippen molar-refractivity contribution in [3.8, 4) is 0 Å². The van der Waals surface area contributed by atoms with E-state index in [0.29, 0.717) is 0 Å². The number of carbonyl (C=O) groups excluding carboxylic acids is 3. The molecule has 19 heteroatoms. The summed E-state index contributed by atoms with van der Waals surface area (Å²) in [4.78, 5) is 42.9. The molecule has 0 aromatic heterocycles. The number of carbonyl (C=O) groups is 3. The van der Waals surface area contributed by atoms with Crippen LogP contribution < -0.4 is 0 Å². The fourth-order valence-corrected chi connectivity index (χ4v) is 4.37. The lowest BCUT2D eigenvalue weighted by atomic mass is 9.84. The van der Waals surface area contributed by atoms with Gasteiger partial charge in [-0.25, -0.2) is 0 Å². The first-order valence-corrected chi connectivity index (χ1v) is 11.3. The molecule has 2 fully saturated rings. The number of nitrogens with zero attached hydrogens (tertiary/aromatic N) is 9. The van der Waals surface area contributed by atoms with Gasteiger partial charge in [0.05, 0.1) is 18.2 Å². The summed E-state index contributed by atoms with van der Waals surface area (Å²) in [6, 6.07) is -3.92. The van der Waals surface area contributed by atoms with Crippen molar-refractivity contribution in [3.63, 3.8) is 0 Å². The highest BCUT2D eigenvalue weighted by Gasteiger charge is 2.53. The molecule has 19 nitrogen and oxygen atoms in total. The number of hydrogen-bond donors (Lipinski definition) is 2. The monoisotopic (exact) mass is 541 g/mol. The summed E-state index contributed by atoms with van der Waals surface area (Å²) in [5, 5.41) is 32.6. The Labute approximate surface area is 214 Å². The molecule has 208 valence electrons. The van der Waals surface area contributed by atoms with Crippen molar-refractivity contribution >= 4 is 17.9 Å². The van der Waals surface area contributed by atoms with Crippen molar-refractivity contribution in [3.05, 3.63) is 31.3 Å². The molecule has 0 spiro atoms. The van der Waals surface area contributed by atoms with Crippen LogP contribution in [0.15, 0.2) is 15.3 Å². The average Bonchev–Trinajstić information content (AvgIpc) is 2.82. The highest BCUT2D eigenvalue weighted by atomic mass is 16.7. The highest BCUT2D eigenvalue weighted by molar-refractivity contribution is 5.67. The molecule has 1 aliphatic carbocycles. The van der Waals surface area contributed by atoms with Gasteiger partial charge in [0, 0.05) is 35.5 Å². The third-order valence-corrected chi connectivity index (χ3v) is 5.79. The molecule has 1 saturated heterocycles. The predicted octanol–water partition coefficient (Wildman–Crippen LogP) is 1.07. The average molecular weight is 541 g/mol. The van der Waals surface area contributed by atoms with Crippen molar-refractivity contribution in [1.29, 1.82) is 0 Å². The number of aliphatic hydroxyl groups excluding tert-OH is 2. The summed E-state index contributed by atoms with van der Waals surface area (Å²) < 4.78 is 27.1. The van der Waals surface area contributed by atoms with Crippen LogP contribution in [0.25, 0.3) is 31.3 Å². The van der Waals surface area contributed by atoms with E-state index in [0.717, 1.165) is 20.8 Å². The van der Waals surface area contributed by atoms with Crippen molar-refractivity contribution in [2.75, 3.05) is 0 Å². The molecule has 0 radical (unpaired) electrons. The second-order valence-electron chi connectivity index (χ2n) is 8.49. The van der Waals surface area contributed by atoms with Crippen molar-refractivity contribution in [2.45, 2.75) is 101 Å². The summed E-state index contributed by atoms with van der Waals surface area (Å²) in [6.07, 6.45) is -12.2. The molecule has 1 heterocycles. The summed E-state index contributed by atoms with van der Waals surface area (Å²) >= 11 is 0. The van der Waals surface area contributed by atoms with E-state index in [4.69, 9.17) is 40.3 Å². The Hall–Kier alpha value is -3.82. The number of azide groups is 3. The molecule has 2 rings (SSSR count). The van der Waals surface area contributed by atoms with E-state index in [2.05, 4.69) is 30.1 Å². The maximum Gasteiger partial charge on any atom is 0.303 e. The van der Waals surface area contributed by atoms with Crippen LogP contribution >= 0.6 is 0 Å². The number of ether oxygens (including phenoxy) is 5. The molecular weight excluding hydrogens is 514 g/mol. The highest BCUT2D eigenvalue weighted by Crippen LogP contribution is 2.35. The lowest BCUT2D eigenvalue weighted by molar-refractivity contribution is -0.303. The lowest BCUT2D eigenvalue weighted by Gasteiger charge is -2.47. The summed E-state index contributed by atoms with van der Waals surface area (Å²) in [5.41, 5.74) is 27.0. The summed E-state index contributed by atoms with van der Waals surface area (Å²) in [7, 11) is 0. The first kappa shape index (κ1) is 30.4. The van der Waals surface area contributed by atoms with Gasteiger partial charge in [-0.2, -0.15) is 0 Å². The normalized spacial score (nSPS) is 35.2. The quantitative estimate of drug-likeness (QED) is 0.137. The molecule has 2 aliphatic rings. The Morgan fingerprint density at radius 2 is 1.37 bits per heavy atom. The van der Waals surface area contributed by atoms with E-state index in [1.165, 1.54) is 6.92 Å². The number of esters is 3. The first-order valence-electron chi connectivity index (χ1n) is 11.3. The van der Waals surface area contributed by atoms with Crippen molar-refractivity contribution < 1.29 is 48.3 Å². The topological polar surface area (TPSA) is 284 Å². The van der Waals surface area contributed by atoms with Gasteiger partial charge in [-0.05, 0) is 29.9 Å². The molecule has 38 heavy (non-hydrogen) atoms. The molecule has 0 bridgehead atoms. The second kappa shape index (κ2) is 13.6. The minimum atomic E-state index is -1.75. The lowest BCUT2D eigenvalue weighted by Crippen LogP contribution is -2.64. The largest absolute Gasteiger partial charge is 0.460 e. The smallest absolute Gasteiger partial charge is 0.303 e. The fourth-order valence-electron chi connectivity index (χ4n) is 4.37. The molecule has 1 aliphatic heterocycles. The van der Waals surface area contributed by atoms with Crippen LogP contribution in [-0.4, -0.2) is 95.3 Å². The Kier molecular flexibility index (Phi) is 10.9. The van der Waals surface area contributed by atoms with Gasteiger partial charge in [0.1, 0.15) is 36.6 Å². The SMILES string of the molecule is CC(=O)OC1C(N=[N+]=[N-])CC(N=[N+]=[N-])[C@@H](O[C@H]2OC([C@@H](C)OC(C)=O)[C@@H](OC(C)=O)C(O)C2N=[N+]=[N-])C1O. The molecule has 0 aromatic rings. The van der Waals surface area contributed by atoms with Gasteiger partial charge in [0.2, 0.25) is 0 Å². The Balaban J connectivity index is 2.50. The zero-order valence-electron chi connectivity index (χ0n) is 20.7. The fraction of sp³-hybridized carbons (Fsp3) is 0.842. The molecule has 2 N–H and O–H groups in total. The van der Waals surface area contributed by atoms with Gasteiger partial charge in [0.15, 0.2) is 12.4 Å². The first-order chi connectivity index (χ1) is 17.9. The molecule has 0 amide bonds. The molecular formula is C19H27N9O10. The molecule has 0 aromatic carbocycles. The standard InChI is InChI=1S/C19H27N9O10/c1-6(34-7(2)29)15-18(36-9(4)31)13(32)12(25-28-22)19(37-15)38-17-11(24-27-21)5-10(23-26-20)16(14(17)33)35-8(3)30/h6,10-19,32-33H,5H2,1-4H3/t6-,10?,11?,12?,13?,14?,15?,16?,17-,18+,19-/m1/s1. The van der Waals surface area contributed by atoms with Crippen LogP contribution in [0, 0.1) is 0 Å². The van der Waals surface area contributed by atoms with Gasteiger partial charge in [-0.3, -0.25) is 14.4 Å². The maximum absolute atomic E-state index is 11.7. The molecule has 1 saturated carbocycles. The van der Waals surface area contributed by atoms with Crippen LogP contribution in [0.1, 0.15) is 34.1 Å². The number of rotatable bonds is 9. The van der Waals surface area contributed by atoms with Gasteiger partial charge >= 0.3 is 17.9 Å². The van der Waals surface area contributed by atoms with Crippen LogP contribution in [0.3, 0.4) is 0 Å². The Morgan fingerprint density at radius 3 is 1.87 bits per heavy atom. The number of aliphatic hydroxyl groups is 2. The molecule has 11 atom stereocenters. The predicted molar refractivity (Wildman–Crippen MR) is 121 cm³/mol. The zero-order chi connectivity index (χ0) is 28.6. The van der Waals surface area contributed by atoms with Gasteiger partial charge in [-0.1, -0.05) is 15.3 Å². The third kappa shape index (κ3) is 7.36. The van der Waals surface area contributed by atoms with E-state index in [1.807, 2.05) is 0 Å². The van der Waals surface area contributed by atoms with Crippen LogP contribution in [-0.2, 0) is 38.1 Å². The van der Waals surface area contributed by atoms with E-state index < -0.39 is 85.1 Å².